The number of hydrogen-bond donors (Lipinski definition) is 2. The Bertz CT molecular complexity index is 439. The van der Waals surface area contributed by atoms with E-state index in [0.717, 1.165) is 35.7 Å². The lowest BCUT2D eigenvalue weighted by molar-refractivity contribution is 0.622. The van der Waals surface area contributed by atoms with Crippen LogP contribution in [0.5, 0.6) is 0 Å². The molecular weight excluding hydrogens is 236 g/mol. The normalized spacial score (nSPS) is 24.6. The Hall–Kier alpha value is -1.17. The largest absolute Gasteiger partial charge is 0.383 e. The molecule has 3 N–H and O–H groups in total. The first-order valence-corrected chi connectivity index (χ1v) is 7.27. The van der Waals surface area contributed by atoms with E-state index < -0.39 is 10.8 Å². The molecule has 0 amide bonds. The zero-order valence-corrected chi connectivity index (χ0v) is 11.0. The first kappa shape index (κ1) is 12.3. The van der Waals surface area contributed by atoms with Gasteiger partial charge in [-0.05, 0) is 26.7 Å². The molecule has 1 aromatic heterocycles. The molecular formula is C11H18N4OS. The maximum absolute atomic E-state index is 11.3. The van der Waals surface area contributed by atoms with E-state index in [2.05, 4.69) is 15.3 Å². The van der Waals surface area contributed by atoms with Crippen molar-refractivity contribution in [2.45, 2.75) is 32.7 Å². The highest BCUT2D eigenvalue weighted by atomic mass is 32.2. The zero-order chi connectivity index (χ0) is 12.4. The second-order valence-corrected chi connectivity index (χ2v) is 6.09. The van der Waals surface area contributed by atoms with Crippen LogP contribution in [-0.4, -0.2) is 31.7 Å². The number of nitrogens with one attached hydrogen (secondary N) is 1. The number of aromatic nitrogens is 2. The SMILES string of the molecule is Cc1nc(N)c(C)c(NC2CCS(=O)CC2)n1. The van der Waals surface area contributed by atoms with Crippen molar-refractivity contribution in [3.8, 4) is 0 Å². The van der Waals surface area contributed by atoms with Crippen LogP contribution in [0.15, 0.2) is 0 Å². The molecule has 0 radical (unpaired) electrons. The van der Waals surface area contributed by atoms with E-state index in [1.54, 1.807) is 0 Å². The average Bonchev–Trinajstić information content (AvgIpc) is 2.28. The predicted octanol–water partition coefficient (Wildman–Crippen LogP) is 0.999. The van der Waals surface area contributed by atoms with E-state index in [1.165, 1.54) is 0 Å². The molecule has 0 bridgehead atoms. The second kappa shape index (κ2) is 5.00. The Morgan fingerprint density at radius 2 is 1.94 bits per heavy atom. The second-order valence-electron chi connectivity index (χ2n) is 4.40. The Morgan fingerprint density at radius 3 is 2.59 bits per heavy atom. The molecule has 0 spiro atoms. The molecule has 2 rings (SSSR count). The van der Waals surface area contributed by atoms with Crippen LogP contribution in [0.25, 0.3) is 0 Å². The van der Waals surface area contributed by atoms with E-state index >= 15 is 0 Å². The molecule has 2 heterocycles. The van der Waals surface area contributed by atoms with Crippen molar-refractivity contribution in [1.82, 2.24) is 9.97 Å². The van der Waals surface area contributed by atoms with E-state index in [-0.39, 0.29) is 0 Å². The number of nitrogen functional groups attached to an aromatic ring is 1. The first-order chi connectivity index (χ1) is 8.06. The van der Waals surface area contributed by atoms with Crippen molar-refractivity contribution < 1.29 is 4.21 Å². The van der Waals surface area contributed by atoms with Gasteiger partial charge in [0.15, 0.2) is 0 Å². The molecule has 5 nitrogen and oxygen atoms in total. The third kappa shape index (κ3) is 2.94. The number of hydrogen-bond acceptors (Lipinski definition) is 5. The molecule has 17 heavy (non-hydrogen) atoms. The highest BCUT2D eigenvalue weighted by Crippen LogP contribution is 2.20. The summed E-state index contributed by atoms with van der Waals surface area (Å²) >= 11 is 0. The molecule has 0 atom stereocenters. The summed E-state index contributed by atoms with van der Waals surface area (Å²) in [6.45, 7) is 3.75. The lowest BCUT2D eigenvalue weighted by Crippen LogP contribution is -2.30. The molecule has 1 fully saturated rings. The lowest BCUT2D eigenvalue weighted by Gasteiger charge is -2.24. The predicted molar refractivity (Wildman–Crippen MR) is 70.4 cm³/mol. The maximum Gasteiger partial charge on any atom is 0.134 e. The molecule has 1 saturated heterocycles. The summed E-state index contributed by atoms with van der Waals surface area (Å²) in [5.41, 5.74) is 6.70. The van der Waals surface area contributed by atoms with E-state index in [9.17, 15) is 4.21 Å². The summed E-state index contributed by atoms with van der Waals surface area (Å²) in [5.74, 6) is 3.56. The Morgan fingerprint density at radius 1 is 1.29 bits per heavy atom. The fourth-order valence-electron chi connectivity index (χ4n) is 1.92. The van der Waals surface area contributed by atoms with Gasteiger partial charge in [0.2, 0.25) is 0 Å². The molecule has 0 saturated carbocycles. The van der Waals surface area contributed by atoms with E-state index in [0.29, 0.717) is 17.7 Å². The number of aryl methyl sites for hydroxylation is 1. The van der Waals surface area contributed by atoms with Gasteiger partial charge in [0.25, 0.3) is 0 Å². The fraction of sp³-hybridized carbons (Fsp3) is 0.636. The summed E-state index contributed by atoms with van der Waals surface area (Å²) in [6.07, 6.45) is 1.85. The van der Waals surface area contributed by atoms with Crippen molar-refractivity contribution in [1.29, 1.82) is 0 Å². The quantitative estimate of drug-likeness (QED) is 0.823. The number of anilines is 2. The van der Waals surface area contributed by atoms with Crippen LogP contribution in [0, 0.1) is 13.8 Å². The third-order valence-electron chi connectivity index (χ3n) is 3.02. The average molecular weight is 254 g/mol. The van der Waals surface area contributed by atoms with E-state index in [4.69, 9.17) is 5.73 Å². The van der Waals surface area contributed by atoms with Crippen LogP contribution in [0.4, 0.5) is 11.6 Å². The molecule has 1 aliphatic rings. The van der Waals surface area contributed by atoms with Crippen molar-refractivity contribution in [3.05, 3.63) is 11.4 Å². The van der Waals surface area contributed by atoms with Crippen molar-refractivity contribution in [2.24, 2.45) is 0 Å². The summed E-state index contributed by atoms with van der Waals surface area (Å²) in [4.78, 5) is 8.49. The Kier molecular flexibility index (Phi) is 3.61. The number of rotatable bonds is 2. The van der Waals surface area contributed by atoms with Gasteiger partial charge in [0, 0.05) is 33.9 Å². The summed E-state index contributed by atoms with van der Waals surface area (Å²) in [6, 6.07) is 0.347. The van der Waals surface area contributed by atoms with Gasteiger partial charge in [-0.3, -0.25) is 4.21 Å². The molecule has 0 aliphatic carbocycles. The van der Waals surface area contributed by atoms with Crippen LogP contribution >= 0.6 is 0 Å². The van der Waals surface area contributed by atoms with Crippen molar-refractivity contribution in [2.75, 3.05) is 22.6 Å². The van der Waals surface area contributed by atoms with Crippen LogP contribution in [0.1, 0.15) is 24.2 Å². The monoisotopic (exact) mass is 254 g/mol. The van der Waals surface area contributed by atoms with Gasteiger partial charge in [-0.2, -0.15) is 0 Å². The zero-order valence-electron chi connectivity index (χ0n) is 10.2. The van der Waals surface area contributed by atoms with Crippen LogP contribution in [-0.2, 0) is 10.8 Å². The number of nitrogens with zero attached hydrogens (tertiary/aromatic N) is 2. The summed E-state index contributed by atoms with van der Waals surface area (Å²) < 4.78 is 11.3. The molecule has 6 heteroatoms. The molecule has 0 aromatic carbocycles. The highest BCUT2D eigenvalue weighted by Gasteiger charge is 2.19. The summed E-state index contributed by atoms with van der Waals surface area (Å²) in [5, 5.41) is 3.39. The van der Waals surface area contributed by atoms with Gasteiger partial charge in [-0.1, -0.05) is 0 Å². The molecule has 94 valence electrons. The van der Waals surface area contributed by atoms with Crippen LogP contribution < -0.4 is 11.1 Å². The van der Waals surface area contributed by atoms with Gasteiger partial charge < -0.3 is 11.1 Å². The lowest BCUT2D eigenvalue weighted by atomic mass is 10.1. The van der Waals surface area contributed by atoms with Crippen LogP contribution in [0.3, 0.4) is 0 Å². The van der Waals surface area contributed by atoms with Gasteiger partial charge in [-0.15, -0.1) is 0 Å². The molecule has 1 aliphatic heterocycles. The Labute approximate surface area is 104 Å². The van der Waals surface area contributed by atoms with Gasteiger partial charge in [-0.25, -0.2) is 9.97 Å². The standard InChI is InChI=1S/C11H18N4OS/c1-7-10(12)13-8(2)14-11(7)15-9-3-5-17(16)6-4-9/h9H,3-6H2,1-2H3,(H3,12,13,14,15). The van der Waals surface area contributed by atoms with E-state index in [1.807, 2.05) is 13.8 Å². The number of nitrogens with two attached hydrogens (primary N) is 1. The third-order valence-corrected chi connectivity index (χ3v) is 4.41. The molecule has 0 unspecified atom stereocenters. The molecule has 1 aromatic rings. The van der Waals surface area contributed by atoms with Crippen LogP contribution in [0.2, 0.25) is 0 Å². The minimum absolute atomic E-state index is 0.347. The van der Waals surface area contributed by atoms with Crippen molar-refractivity contribution in [3.63, 3.8) is 0 Å². The van der Waals surface area contributed by atoms with Gasteiger partial charge in [0.05, 0.1) is 0 Å². The first-order valence-electron chi connectivity index (χ1n) is 5.78. The fourth-order valence-corrected chi connectivity index (χ4v) is 3.22. The Balaban J connectivity index is 2.10. The highest BCUT2D eigenvalue weighted by molar-refractivity contribution is 7.85. The smallest absolute Gasteiger partial charge is 0.134 e. The summed E-state index contributed by atoms with van der Waals surface area (Å²) in [7, 11) is -0.630. The van der Waals surface area contributed by atoms with Gasteiger partial charge >= 0.3 is 0 Å². The van der Waals surface area contributed by atoms with Crippen molar-refractivity contribution >= 4 is 22.4 Å². The topological polar surface area (TPSA) is 80.9 Å². The maximum atomic E-state index is 11.3. The minimum Gasteiger partial charge on any atom is -0.383 e. The van der Waals surface area contributed by atoms with Gasteiger partial charge in [0.1, 0.15) is 17.5 Å². The minimum atomic E-state index is -0.630.